The van der Waals surface area contributed by atoms with Crippen molar-refractivity contribution < 1.29 is 13.6 Å². The highest BCUT2D eigenvalue weighted by molar-refractivity contribution is 9.10. The van der Waals surface area contributed by atoms with E-state index in [1.165, 1.54) is 0 Å². The van der Waals surface area contributed by atoms with E-state index in [1.54, 1.807) is 30.3 Å². The molecule has 0 saturated heterocycles. The predicted molar refractivity (Wildman–Crippen MR) is 104 cm³/mol. The van der Waals surface area contributed by atoms with Gasteiger partial charge in [-0.25, -0.2) is 0 Å². The van der Waals surface area contributed by atoms with Gasteiger partial charge in [0.15, 0.2) is 10.4 Å². The second-order valence-corrected chi connectivity index (χ2v) is 6.70. The first-order chi connectivity index (χ1) is 13.1. The summed E-state index contributed by atoms with van der Waals surface area (Å²) < 4.78 is 11.5. The summed E-state index contributed by atoms with van der Waals surface area (Å²) in [4.78, 5) is 12.2. The molecule has 2 heterocycles. The summed E-state index contributed by atoms with van der Waals surface area (Å²) in [5.74, 6) is 0.692. The lowest BCUT2D eigenvalue weighted by molar-refractivity contribution is 0.0995. The summed E-state index contributed by atoms with van der Waals surface area (Å²) in [6, 6.07) is 18.3. The van der Waals surface area contributed by atoms with Crippen LogP contribution in [0.15, 0.2) is 74.2 Å². The Hall–Kier alpha value is -3.19. The smallest absolute Gasteiger partial charge is 0.291 e. The Morgan fingerprint density at radius 3 is 2.37 bits per heavy atom. The summed E-state index contributed by atoms with van der Waals surface area (Å²) in [7, 11) is 0. The molecular formula is C20H14BrN3O3. The van der Waals surface area contributed by atoms with Gasteiger partial charge in [0.2, 0.25) is 11.8 Å². The Morgan fingerprint density at radius 2 is 1.67 bits per heavy atom. The Morgan fingerprint density at radius 1 is 0.926 bits per heavy atom. The molecule has 134 valence electrons. The van der Waals surface area contributed by atoms with Crippen molar-refractivity contribution in [1.29, 1.82) is 0 Å². The van der Waals surface area contributed by atoms with Crippen molar-refractivity contribution >= 4 is 27.5 Å². The van der Waals surface area contributed by atoms with Crippen molar-refractivity contribution in [2.24, 2.45) is 0 Å². The maximum atomic E-state index is 12.2. The fourth-order valence-corrected chi connectivity index (χ4v) is 2.82. The maximum Gasteiger partial charge on any atom is 0.291 e. The molecule has 0 atom stereocenters. The molecule has 6 nitrogen and oxygen atoms in total. The third kappa shape index (κ3) is 3.83. The van der Waals surface area contributed by atoms with Gasteiger partial charge in [-0.05, 0) is 65.3 Å². The van der Waals surface area contributed by atoms with Crippen LogP contribution in [0.2, 0.25) is 0 Å². The third-order valence-electron chi connectivity index (χ3n) is 3.89. The first-order valence-corrected chi connectivity index (χ1v) is 8.95. The molecule has 4 aromatic rings. The van der Waals surface area contributed by atoms with Gasteiger partial charge >= 0.3 is 0 Å². The van der Waals surface area contributed by atoms with E-state index in [0.717, 1.165) is 11.1 Å². The molecule has 0 aliphatic carbocycles. The van der Waals surface area contributed by atoms with E-state index in [9.17, 15) is 4.79 Å². The Labute approximate surface area is 163 Å². The average molecular weight is 424 g/mol. The van der Waals surface area contributed by atoms with Gasteiger partial charge in [-0.2, -0.15) is 0 Å². The lowest BCUT2D eigenvalue weighted by Crippen LogP contribution is -2.10. The van der Waals surface area contributed by atoms with E-state index in [0.29, 0.717) is 27.7 Å². The quantitative estimate of drug-likeness (QED) is 0.480. The van der Waals surface area contributed by atoms with Crippen LogP contribution in [0.1, 0.15) is 16.1 Å². The number of halogens is 1. The van der Waals surface area contributed by atoms with Crippen LogP contribution in [0, 0.1) is 6.92 Å². The normalized spacial score (nSPS) is 10.7. The number of aromatic nitrogens is 2. The number of furan rings is 1. The zero-order chi connectivity index (χ0) is 18.8. The van der Waals surface area contributed by atoms with Crippen molar-refractivity contribution in [3.63, 3.8) is 0 Å². The first-order valence-electron chi connectivity index (χ1n) is 8.16. The first kappa shape index (κ1) is 17.2. The molecule has 27 heavy (non-hydrogen) atoms. The molecule has 1 amide bonds. The van der Waals surface area contributed by atoms with Crippen LogP contribution < -0.4 is 5.32 Å². The monoisotopic (exact) mass is 423 g/mol. The van der Waals surface area contributed by atoms with Crippen LogP contribution in [-0.2, 0) is 0 Å². The van der Waals surface area contributed by atoms with E-state index in [-0.39, 0.29) is 11.7 Å². The van der Waals surface area contributed by atoms with Gasteiger partial charge in [0, 0.05) is 16.8 Å². The number of benzene rings is 2. The van der Waals surface area contributed by atoms with Gasteiger partial charge in [0.25, 0.3) is 5.91 Å². The molecule has 1 N–H and O–H groups in total. The summed E-state index contributed by atoms with van der Waals surface area (Å²) in [5.41, 5.74) is 3.32. The Balaban J connectivity index is 1.56. The third-order valence-corrected chi connectivity index (χ3v) is 4.31. The number of aryl methyl sites for hydroxylation is 1. The van der Waals surface area contributed by atoms with Crippen LogP contribution in [0.5, 0.6) is 0 Å². The molecule has 2 aromatic carbocycles. The number of nitrogens with zero attached hydrogens (tertiary/aromatic N) is 2. The lowest BCUT2D eigenvalue weighted by Gasteiger charge is -2.04. The molecule has 7 heteroatoms. The standard InChI is InChI=1S/C20H14BrN3O3/c1-12-5-7-13(8-6-12)19-23-24-20(27-19)14-3-2-4-15(11-14)22-18(25)16-9-10-17(21)26-16/h2-11H,1H3,(H,22,25). The Bertz CT molecular complexity index is 1100. The highest BCUT2D eigenvalue weighted by Crippen LogP contribution is 2.26. The number of amides is 1. The molecule has 0 unspecified atom stereocenters. The number of hydrogen-bond donors (Lipinski definition) is 1. The number of hydrogen-bond acceptors (Lipinski definition) is 5. The van der Waals surface area contributed by atoms with Crippen LogP contribution in [0.3, 0.4) is 0 Å². The van der Waals surface area contributed by atoms with E-state index in [1.807, 2.05) is 37.3 Å². The second-order valence-electron chi connectivity index (χ2n) is 5.92. The Kier molecular flexibility index (Phi) is 4.60. The zero-order valence-corrected chi connectivity index (χ0v) is 15.9. The van der Waals surface area contributed by atoms with Crippen molar-refractivity contribution in [1.82, 2.24) is 10.2 Å². The van der Waals surface area contributed by atoms with E-state index < -0.39 is 0 Å². The van der Waals surface area contributed by atoms with Crippen LogP contribution in [0.4, 0.5) is 5.69 Å². The lowest BCUT2D eigenvalue weighted by atomic mass is 10.1. The van der Waals surface area contributed by atoms with Gasteiger partial charge in [0.1, 0.15) is 0 Å². The van der Waals surface area contributed by atoms with E-state index in [2.05, 4.69) is 31.4 Å². The maximum absolute atomic E-state index is 12.2. The highest BCUT2D eigenvalue weighted by atomic mass is 79.9. The van der Waals surface area contributed by atoms with Gasteiger partial charge in [-0.3, -0.25) is 4.79 Å². The molecule has 0 radical (unpaired) electrons. The molecule has 4 rings (SSSR count). The van der Waals surface area contributed by atoms with Gasteiger partial charge < -0.3 is 14.2 Å². The number of nitrogens with one attached hydrogen (secondary N) is 1. The minimum absolute atomic E-state index is 0.215. The minimum Gasteiger partial charge on any atom is -0.444 e. The zero-order valence-electron chi connectivity index (χ0n) is 14.3. The van der Waals surface area contributed by atoms with Crippen molar-refractivity contribution in [2.75, 3.05) is 5.32 Å². The van der Waals surface area contributed by atoms with Crippen LogP contribution in [0.25, 0.3) is 22.9 Å². The number of carbonyl (C=O) groups excluding carboxylic acids is 1. The molecule has 0 saturated carbocycles. The molecular weight excluding hydrogens is 410 g/mol. The van der Waals surface area contributed by atoms with Gasteiger partial charge in [0.05, 0.1) is 0 Å². The summed E-state index contributed by atoms with van der Waals surface area (Å²) in [6.07, 6.45) is 0. The fourth-order valence-electron chi connectivity index (χ4n) is 2.51. The van der Waals surface area contributed by atoms with E-state index >= 15 is 0 Å². The van der Waals surface area contributed by atoms with Crippen LogP contribution in [-0.4, -0.2) is 16.1 Å². The van der Waals surface area contributed by atoms with Gasteiger partial charge in [-0.1, -0.05) is 23.8 Å². The topological polar surface area (TPSA) is 81.2 Å². The van der Waals surface area contributed by atoms with Crippen molar-refractivity contribution in [3.05, 3.63) is 76.7 Å². The minimum atomic E-state index is -0.344. The summed E-state index contributed by atoms with van der Waals surface area (Å²) >= 11 is 3.18. The molecule has 0 aliphatic heterocycles. The molecule has 0 fully saturated rings. The SMILES string of the molecule is Cc1ccc(-c2nnc(-c3cccc(NC(=O)c4ccc(Br)o4)c3)o2)cc1. The van der Waals surface area contributed by atoms with Crippen molar-refractivity contribution in [3.8, 4) is 22.9 Å². The molecule has 0 bridgehead atoms. The van der Waals surface area contributed by atoms with E-state index in [4.69, 9.17) is 8.83 Å². The average Bonchev–Trinajstić information content (AvgIpc) is 3.32. The summed E-state index contributed by atoms with van der Waals surface area (Å²) in [5, 5.41) is 11.0. The van der Waals surface area contributed by atoms with Crippen LogP contribution >= 0.6 is 15.9 Å². The predicted octanol–water partition coefficient (Wildman–Crippen LogP) is 5.32. The highest BCUT2D eigenvalue weighted by Gasteiger charge is 2.13. The molecule has 0 aliphatic rings. The molecule has 2 aromatic heterocycles. The summed E-state index contributed by atoms with van der Waals surface area (Å²) in [6.45, 7) is 2.02. The van der Waals surface area contributed by atoms with Gasteiger partial charge in [-0.15, -0.1) is 10.2 Å². The number of rotatable bonds is 4. The number of anilines is 1. The number of carbonyl (C=O) groups is 1. The fraction of sp³-hybridized carbons (Fsp3) is 0.0500. The largest absolute Gasteiger partial charge is 0.444 e. The second kappa shape index (κ2) is 7.20. The van der Waals surface area contributed by atoms with Crippen molar-refractivity contribution in [2.45, 2.75) is 6.92 Å². The molecule has 0 spiro atoms.